The fourth-order valence-electron chi connectivity index (χ4n) is 2.23. The first-order chi connectivity index (χ1) is 9.45. The smallest absolute Gasteiger partial charge is 0.247 e. The Labute approximate surface area is 123 Å². The van der Waals surface area contributed by atoms with E-state index in [2.05, 4.69) is 5.32 Å². The van der Waals surface area contributed by atoms with Crippen LogP contribution in [0.25, 0.3) is 0 Å². The van der Waals surface area contributed by atoms with Crippen molar-refractivity contribution in [3.05, 3.63) is 64.7 Å². The Kier molecular flexibility index (Phi) is 4.00. The Morgan fingerprint density at radius 1 is 1.15 bits per heavy atom. The number of rotatable bonds is 4. The van der Waals surface area contributed by atoms with Crippen molar-refractivity contribution in [2.75, 3.05) is 5.32 Å². The molecular weight excluding hydrogens is 272 g/mol. The standard InChI is InChI=1S/C16H17ClN2O/c1-11-7-3-4-8-12(11)16(2,15(18)20)19-14-10-6-5-9-13(14)17/h3-10,19H,1-2H3,(H2,18,20). The van der Waals surface area contributed by atoms with Gasteiger partial charge in [0, 0.05) is 0 Å². The van der Waals surface area contributed by atoms with E-state index in [4.69, 9.17) is 17.3 Å². The number of hydrogen-bond donors (Lipinski definition) is 2. The second-order valence-electron chi connectivity index (χ2n) is 4.91. The van der Waals surface area contributed by atoms with Gasteiger partial charge in [0.1, 0.15) is 5.54 Å². The molecule has 0 bridgehead atoms. The highest BCUT2D eigenvalue weighted by atomic mass is 35.5. The minimum Gasteiger partial charge on any atom is -0.367 e. The topological polar surface area (TPSA) is 55.1 Å². The summed E-state index contributed by atoms with van der Waals surface area (Å²) < 4.78 is 0. The van der Waals surface area contributed by atoms with E-state index in [1.807, 2.05) is 49.4 Å². The van der Waals surface area contributed by atoms with Crippen LogP contribution in [0.5, 0.6) is 0 Å². The van der Waals surface area contributed by atoms with Gasteiger partial charge in [0.05, 0.1) is 10.7 Å². The third-order valence-corrected chi connectivity index (χ3v) is 3.76. The maximum Gasteiger partial charge on any atom is 0.247 e. The van der Waals surface area contributed by atoms with Gasteiger partial charge in [0.15, 0.2) is 0 Å². The van der Waals surface area contributed by atoms with Gasteiger partial charge in [-0.1, -0.05) is 48.0 Å². The Morgan fingerprint density at radius 2 is 1.75 bits per heavy atom. The molecule has 0 saturated carbocycles. The van der Waals surface area contributed by atoms with E-state index < -0.39 is 11.4 Å². The normalized spacial score (nSPS) is 13.6. The average Bonchev–Trinajstić information content (AvgIpc) is 2.41. The van der Waals surface area contributed by atoms with Crippen molar-refractivity contribution in [1.29, 1.82) is 0 Å². The van der Waals surface area contributed by atoms with Crippen molar-refractivity contribution >= 4 is 23.2 Å². The molecule has 0 spiro atoms. The molecule has 2 aromatic carbocycles. The van der Waals surface area contributed by atoms with Crippen LogP contribution in [0.15, 0.2) is 48.5 Å². The molecule has 2 rings (SSSR count). The lowest BCUT2D eigenvalue weighted by Crippen LogP contribution is -2.45. The van der Waals surface area contributed by atoms with E-state index in [0.29, 0.717) is 10.7 Å². The maximum absolute atomic E-state index is 12.0. The van der Waals surface area contributed by atoms with Crippen LogP contribution in [0.3, 0.4) is 0 Å². The summed E-state index contributed by atoms with van der Waals surface area (Å²) in [5.74, 6) is -0.452. The number of benzene rings is 2. The van der Waals surface area contributed by atoms with Crippen LogP contribution in [0.1, 0.15) is 18.1 Å². The van der Waals surface area contributed by atoms with Crippen molar-refractivity contribution in [2.24, 2.45) is 5.73 Å². The Balaban J connectivity index is 2.49. The largest absolute Gasteiger partial charge is 0.367 e. The molecule has 0 aromatic heterocycles. The first kappa shape index (κ1) is 14.4. The maximum atomic E-state index is 12.0. The van der Waals surface area contributed by atoms with Gasteiger partial charge in [-0.15, -0.1) is 0 Å². The molecule has 0 saturated heterocycles. The molecule has 0 aliphatic carbocycles. The lowest BCUT2D eigenvalue weighted by molar-refractivity contribution is -0.122. The van der Waals surface area contributed by atoms with Crippen LogP contribution >= 0.6 is 11.6 Å². The minimum atomic E-state index is -1.02. The lowest BCUT2D eigenvalue weighted by Gasteiger charge is -2.31. The first-order valence-electron chi connectivity index (χ1n) is 6.34. The van der Waals surface area contributed by atoms with E-state index in [0.717, 1.165) is 11.1 Å². The Morgan fingerprint density at radius 3 is 2.35 bits per heavy atom. The average molecular weight is 289 g/mol. The zero-order valence-electron chi connectivity index (χ0n) is 11.5. The molecule has 2 aromatic rings. The van der Waals surface area contributed by atoms with Crippen molar-refractivity contribution in [3.8, 4) is 0 Å². The van der Waals surface area contributed by atoms with Crippen LogP contribution in [-0.4, -0.2) is 5.91 Å². The fourth-order valence-corrected chi connectivity index (χ4v) is 2.41. The van der Waals surface area contributed by atoms with Gasteiger partial charge in [-0.05, 0) is 37.1 Å². The molecule has 3 nitrogen and oxygen atoms in total. The highest BCUT2D eigenvalue weighted by Gasteiger charge is 2.34. The van der Waals surface area contributed by atoms with Crippen LogP contribution < -0.4 is 11.1 Å². The molecule has 1 amide bonds. The number of para-hydroxylation sites is 1. The Hall–Kier alpha value is -2.00. The first-order valence-corrected chi connectivity index (χ1v) is 6.71. The van der Waals surface area contributed by atoms with Gasteiger partial charge in [0.2, 0.25) is 5.91 Å². The molecule has 0 fully saturated rings. The number of amides is 1. The number of carbonyl (C=O) groups excluding carboxylic acids is 1. The van der Waals surface area contributed by atoms with Gasteiger partial charge >= 0.3 is 0 Å². The van der Waals surface area contributed by atoms with Crippen molar-refractivity contribution in [2.45, 2.75) is 19.4 Å². The van der Waals surface area contributed by atoms with E-state index in [-0.39, 0.29) is 0 Å². The summed E-state index contributed by atoms with van der Waals surface area (Å²) >= 11 is 6.15. The van der Waals surface area contributed by atoms with Gasteiger partial charge in [0.25, 0.3) is 0 Å². The summed E-state index contributed by atoms with van der Waals surface area (Å²) in [5, 5.41) is 3.72. The van der Waals surface area contributed by atoms with E-state index in [9.17, 15) is 4.79 Å². The minimum absolute atomic E-state index is 0.452. The molecule has 4 heteroatoms. The predicted molar refractivity (Wildman–Crippen MR) is 82.8 cm³/mol. The van der Waals surface area contributed by atoms with Crippen LogP contribution in [0.2, 0.25) is 5.02 Å². The highest BCUT2D eigenvalue weighted by molar-refractivity contribution is 6.33. The van der Waals surface area contributed by atoms with Crippen molar-refractivity contribution in [1.82, 2.24) is 0 Å². The number of hydrogen-bond acceptors (Lipinski definition) is 2. The zero-order valence-corrected chi connectivity index (χ0v) is 12.2. The number of anilines is 1. The lowest BCUT2D eigenvalue weighted by atomic mass is 9.87. The number of halogens is 1. The fraction of sp³-hybridized carbons (Fsp3) is 0.188. The molecule has 0 heterocycles. The summed E-state index contributed by atoms with van der Waals surface area (Å²) in [6, 6.07) is 14.9. The van der Waals surface area contributed by atoms with Crippen molar-refractivity contribution in [3.63, 3.8) is 0 Å². The summed E-state index contributed by atoms with van der Waals surface area (Å²) in [5.41, 5.74) is 7.12. The molecule has 3 N–H and O–H groups in total. The molecule has 104 valence electrons. The number of primary amides is 1. The monoisotopic (exact) mass is 288 g/mol. The van der Waals surface area contributed by atoms with Gasteiger partial charge in [-0.2, -0.15) is 0 Å². The molecule has 1 atom stereocenters. The molecular formula is C16H17ClN2O. The molecule has 1 unspecified atom stereocenters. The summed E-state index contributed by atoms with van der Waals surface area (Å²) in [6.07, 6.45) is 0. The third kappa shape index (κ3) is 2.63. The highest BCUT2D eigenvalue weighted by Crippen LogP contribution is 2.31. The number of aryl methyl sites for hydroxylation is 1. The number of nitrogens with one attached hydrogen (secondary N) is 1. The second kappa shape index (κ2) is 5.55. The predicted octanol–water partition coefficient (Wildman–Crippen LogP) is 3.46. The summed E-state index contributed by atoms with van der Waals surface area (Å²) in [6.45, 7) is 3.71. The Bertz CT molecular complexity index is 642. The van der Waals surface area contributed by atoms with Gasteiger partial charge < -0.3 is 11.1 Å². The van der Waals surface area contributed by atoms with Crippen LogP contribution in [0.4, 0.5) is 5.69 Å². The van der Waals surface area contributed by atoms with Crippen LogP contribution in [-0.2, 0) is 10.3 Å². The molecule has 20 heavy (non-hydrogen) atoms. The third-order valence-electron chi connectivity index (χ3n) is 3.44. The number of carbonyl (C=O) groups is 1. The van der Waals surface area contributed by atoms with Crippen LogP contribution in [0, 0.1) is 6.92 Å². The molecule has 0 aliphatic rings. The quantitative estimate of drug-likeness (QED) is 0.905. The van der Waals surface area contributed by atoms with E-state index >= 15 is 0 Å². The number of nitrogens with two attached hydrogens (primary N) is 1. The van der Waals surface area contributed by atoms with Crippen molar-refractivity contribution < 1.29 is 4.79 Å². The van der Waals surface area contributed by atoms with E-state index in [1.54, 1.807) is 13.0 Å². The second-order valence-corrected chi connectivity index (χ2v) is 5.32. The summed E-state index contributed by atoms with van der Waals surface area (Å²) in [7, 11) is 0. The van der Waals surface area contributed by atoms with Gasteiger partial charge in [-0.3, -0.25) is 4.79 Å². The molecule has 0 radical (unpaired) electrons. The zero-order chi connectivity index (χ0) is 14.8. The summed E-state index contributed by atoms with van der Waals surface area (Å²) in [4.78, 5) is 12.0. The van der Waals surface area contributed by atoms with E-state index in [1.165, 1.54) is 0 Å². The molecule has 0 aliphatic heterocycles. The SMILES string of the molecule is Cc1ccccc1C(C)(Nc1ccccc1Cl)C(N)=O. The van der Waals surface area contributed by atoms with Gasteiger partial charge in [-0.25, -0.2) is 0 Å².